The van der Waals surface area contributed by atoms with Gasteiger partial charge in [-0.05, 0) is 38.2 Å². The van der Waals surface area contributed by atoms with E-state index in [0.29, 0.717) is 5.65 Å². The molecule has 0 radical (unpaired) electrons. The number of aromatic carboxylic acids is 1. The molecule has 3 rings (SSSR count). The van der Waals surface area contributed by atoms with E-state index in [9.17, 15) is 4.79 Å². The second-order valence-corrected chi connectivity index (χ2v) is 4.43. The first-order valence-electron chi connectivity index (χ1n) is 5.78. The maximum atomic E-state index is 11.1. The number of carbonyl (C=O) groups is 1. The minimum absolute atomic E-state index is 0.182. The van der Waals surface area contributed by atoms with Crippen LogP contribution in [0.25, 0.3) is 5.65 Å². The summed E-state index contributed by atoms with van der Waals surface area (Å²) in [7, 11) is 0. The molecule has 1 aliphatic carbocycles. The third-order valence-corrected chi connectivity index (χ3v) is 3.41. The smallest absolute Gasteiger partial charge is 0.341 e. The normalized spacial score (nSPS) is 14.9. The zero-order chi connectivity index (χ0) is 12.0. The highest BCUT2D eigenvalue weighted by Gasteiger charge is 2.20. The Balaban J connectivity index is 2.34. The zero-order valence-corrected chi connectivity index (χ0v) is 9.60. The Morgan fingerprint density at radius 3 is 2.94 bits per heavy atom. The van der Waals surface area contributed by atoms with Crippen molar-refractivity contribution in [2.45, 2.75) is 32.6 Å². The average molecular weight is 231 g/mol. The molecule has 2 aromatic rings. The molecule has 5 nitrogen and oxygen atoms in total. The number of fused-ring (bicyclic) bond motifs is 2. The molecule has 0 saturated carbocycles. The number of carboxylic acid groups (broad SMARTS) is 1. The molecule has 0 aromatic carbocycles. The van der Waals surface area contributed by atoms with Crippen molar-refractivity contribution >= 4 is 11.6 Å². The molecule has 17 heavy (non-hydrogen) atoms. The number of aryl methyl sites for hydroxylation is 2. The van der Waals surface area contributed by atoms with Crippen LogP contribution in [0.1, 0.15) is 40.2 Å². The summed E-state index contributed by atoms with van der Waals surface area (Å²) in [4.78, 5) is 15.5. The third-order valence-electron chi connectivity index (χ3n) is 3.41. The minimum atomic E-state index is -0.970. The first kappa shape index (κ1) is 10.3. The Bertz CT molecular complexity index is 616. The van der Waals surface area contributed by atoms with Gasteiger partial charge < -0.3 is 5.11 Å². The molecule has 2 heterocycles. The molecular weight excluding hydrogens is 218 g/mol. The first-order valence-corrected chi connectivity index (χ1v) is 5.78. The summed E-state index contributed by atoms with van der Waals surface area (Å²) in [6.07, 6.45) is 5.65. The van der Waals surface area contributed by atoms with E-state index in [0.717, 1.165) is 30.7 Å². The fourth-order valence-electron chi connectivity index (χ4n) is 2.50. The monoisotopic (exact) mass is 231 g/mol. The molecule has 0 aliphatic heterocycles. The van der Waals surface area contributed by atoms with E-state index >= 15 is 0 Å². The van der Waals surface area contributed by atoms with E-state index in [1.165, 1.54) is 18.2 Å². The lowest BCUT2D eigenvalue weighted by Gasteiger charge is -2.17. The predicted molar refractivity (Wildman–Crippen MR) is 61.3 cm³/mol. The van der Waals surface area contributed by atoms with E-state index in [4.69, 9.17) is 5.11 Å². The van der Waals surface area contributed by atoms with Gasteiger partial charge in [0.25, 0.3) is 0 Å². The van der Waals surface area contributed by atoms with E-state index in [2.05, 4.69) is 10.1 Å². The molecule has 2 aromatic heterocycles. The van der Waals surface area contributed by atoms with Gasteiger partial charge in [0.1, 0.15) is 5.56 Å². The number of carboxylic acids is 1. The summed E-state index contributed by atoms with van der Waals surface area (Å²) in [6.45, 7) is 1.98. The van der Waals surface area contributed by atoms with Crippen molar-refractivity contribution in [2.75, 3.05) is 0 Å². The Kier molecular flexibility index (Phi) is 2.14. The number of nitrogens with zero attached hydrogens (tertiary/aromatic N) is 3. The van der Waals surface area contributed by atoms with Gasteiger partial charge in [-0.1, -0.05) is 0 Å². The largest absolute Gasteiger partial charge is 0.477 e. The van der Waals surface area contributed by atoms with Gasteiger partial charge >= 0.3 is 5.97 Å². The van der Waals surface area contributed by atoms with E-state index in [-0.39, 0.29) is 5.56 Å². The summed E-state index contributed by atoms with van der Waals surface area (Å²) in [5.41, 5.74) is 3.96. The van der Waals surface area contributed by atoms with Gasteiger partial charge in [0, 0.05) is 11.4 Å². The average Bonchev–Trinajstić information content (AvgIpc) is 2.73. The Hall–Kier alpha value is -1.91. The molecule has 0 fully saturated rings. The van der Waals surface area contributed by atoms with E-state index in [1.54, 1.807) is 4.52 Å². The minimum Gasteiger partial charge on any atom is -0.477 e. The summed E-state index contributed by atoms with van der Waals surface area (Å²) in [5.74, 6) is -0.970. The van der Waals surface area contributed by atoms with Crippen LogP contribution >= 0.6 is 0 Å². The molecule has 0 saturated heterocycles. The Labute approximate surface area is 98.1 Å². The van der Waals surface area contributed by atoms with Crippen LogP contribution in [0.15, 0.2) is 6.20 Å². The lowest BCUT2D eigenvalue weighted by atomic mass is 9.95. The van der Waals surface area contributed by atoms with E-state index < -0.39 is 5.97 Å². The van der Waals surface area contributed by atoms with Crippen molar-refractivity contribution in [3.8, 4) is 0 Å². The molecule has 0 unspecified atom stereocenters. The maximum absolute atomic E-state index is 11.1. The van der Waals surface area contributed by atoms with Crippen LogP contribution in [-0.2, 0) is 12.8 Å². The maximum Gasteiger partial charge on any atom is 0.341 e. The predicted octanol–water partition coefficient (Wildman–Crippen LogP) is 1.61. The summed E-state index contributed by atoms with van der Waals surface area (Å²) in [6, 6.07) is 0. The second-order valence-electron chi connectivity index (χ2n) is 4.43. The molecule has 0 atom stereocenters. The van der Waals surface area contributed by atoms with Gasteiger partial charge in [-0.3, -0.25) is 0 Å². The third kappa shape index (κ3) is 1.42. The lowest BCUT2D eigenvalue weighted by molar-refractivity contribution is 0.0699. The fourth-order valence-corrected chi connectivity index (χ4v) is 2.50. The van der Waals surface area contributed by atoms with Gasteiger partial charge in [0.05, 0.1) is 6.20 Å². The van der Waals surface area contributed by atoms with Gasteiger partial charge in [-0.2, -0.15) is 5.10 Å². The van der Waals surface area contributed by atoms with Crippen molar-refractivity contribution < 1.29 is 9.90 Å². The lowest BCUT2D eigenvalue weighted by Crippen LogP contribution is -2.12. The van der Waals surface area contributed by atoms with Crippen molar-refractivity contribution in [1.29, 1.82) is 0 Å². The molecule has 0 bridgehead atoms. The number of aromatic nitrogens is 3. The van der Waals surface area contributed by atoms with Crippen LogP contribution in [-0.4, -0.2) is 25.7 Å². The van der Waals surface area contributed by atoms with Gasteiger partial charge in [-0.15, -0.1) is 0 Å². The van der Waals surface area contributed by atoms with Crippen molar-refractivity contribution in [2.24, 2.45) is 0 Å². The van der Waals surface area contributed by atoms with Crippen molar-refractivity contribution in [3.63, 3.8) is 0 Å². The van der Waals surface area contributed by atoms with Gasteiger partial charge in [0.2, 0.25) is 0 Å². The highest BCUT2D eigenvalue weighted by Crippen LogP contribution is 2.24. The number of hydrogen-bond acceptors (Lipinski definition) is 3. The molecule has 5 heteroatoms. The Morgan fingerprint density at radius 1 is 1.41 bits per heavy atom. The molecule has 88 valence electrons. The molecule has 0 amide bonds. The Morgan fingerprint density at radius 2 is 2.18 bits per heavy atom. The first-order chi connectivity index (χ1) is 8.18. The van der Waals surface area contributed by atoms with Crippen LogP contribution in [0.2, 0.25) is 0 Å². The summed E-state index contributed by atoms with van der Waals surface area (Å²) < 4.78 is 1.65. The quantitative estimate of drug-likeness (QED) is 0.809. The van der Waals surface area contributed by atoms with E-state index in [1.807, 2.05) is 6.92 Å². The highest BCUT2D eigenvalue weighted by atomic mass is 16.4. The summed E-state index contributed by atoms with van der Waals surface area (Å²) in [5, 5.41) is 13.2. The summed E-state index contributed by atoms with van der Waals surface area (Å²) >= 11 is 0. The second kappa shape index (κ2) is 3.55. The molecular formula is C12H13N3O2. The standard InChI is InChI=1S/C12H13N3O2/c1-7-8-4-2-3-5-10(8)14-11-9(12(16)17)6-13-15(7)11/h6H,2-5H2,1H3,(H,16,17). The van der Waals surface area contributed by atoms with Crippen LogP contribution in [0.4, 0.5) is 0 Å². The topological polar surface area (TPSA) is 67.5 Å². The molecule has 1 aliphatic rings. The van der Waals surface area contributed by atoms with Crippen LogP contribution < -0.4 is 0 Å². The van der Waals surface area contributed by atoms with Crippen molar-refractivity contribution in [1.82, 2.24) is 14.6 Å². The number of rotatable bonds is 1. The molecule has 0 spiro atoms. The highest BCUT2D eigenvalue weighted by molar-refractivity contribution is 5.94. The van der Waals surface area contributed by atoms with Crippen LogP contribution in [0, 0.1) is 6.92 Å². The molecule has 1 N–H and O–H groups in total. The van der Waals surface area contributed by atoms with Gasteiger partial charge in [0.15, 0.2) is 5.65 Å². The van der Waals surface area contributed by atoms with Gasteiger partial charge in [-0.25, -0.2) is 14.3 Å². The van der Waals surface area contributed by atoms with Crippen LogP contribution in [0.5, 0.6) is 0 Å². The fraction of sp³-hybridized carbons (Fsp3) is 0.417. The SMILES string of the molecule is Cc1c2c(nc3c(C(=O)O)cnn13)CCCC2. The number of hydrogen-bond donors (Lipinski definition) is 1. The van der Waals surface area contributed by atoms with Crippen LogP contribution in [0.3, 0.4) is 0 Å². The zero-order valence-electron chi connectivity index (χ0n) is 9.60. The van der Waals surface area contributed by atoms with Crippen molar-refractivity contribution in [3.05, 3.63) is 28.7 Å².